The number of sulfonamides is 1. The zero-order chi connectivity index (χ0) is 16.0. The van der Waals surface area contributed by atoms with Gasteiger partial charge in [0.05, 0.1) is 23.7 Å². The van der Waals surface area contributed by atoms with E-state index in [0.29, 0.717) is 26.2 Å². The van der Waals surface area contributed by atoms with Crippen LogP contribution in [0, 0.1) is 11.3 Å². The summed E-state index contributed by atoms with van der Waals surface area (Å²) in [5.41, 5.74) is 0.00458. The summed E-state index contributed by atoms with van der Waals surface area (Å²) >= 11 is 0. The summed E-state index contributed by atoms with van der Waals surface area (Å²) in [5.74, 6) is -1.06. The summed E-state index contributed by atoms with van der Waals surface area (Å²) < 4.78 is 30.5. The maximum Gasteiger partial charge on any atom is 0.312 e. The summed E-state index contributed by atoms with van der Waals surface area (Å²) in [7, 11) is -3.34. The fraction of sp³-hybridized carbons (Fsp3) is 0.643. The Morgan fingerprint density at radius 2 is 2.23 bits per heavy atom. The molecule has 1 aromatic heterocycles. The third-order valence-corrected chi connectivity index (χ3v) is 6.61. The number of furan rings is 1. The fourth-order valence-corrected chi connectivity index (χ4v) is 4.78. The van der Waals surface area contributed by atoms with Crippen molar-refractivity contribution in [3.8, 4) is 0 Å². The molecular weight excluding hydrogens is 308 g/mol. The number of carbonyl (C=O) groups is 1. The van der Waals surface area contributed by atoms with Gasteiger partial charge in [-0.05, 0) is 13.0 Å². The molecule has 0 aliphatic carbocycles. The van der Waals surface area contributed by atoms with Crippen molar-refractivity contribution in [1.82, 2.24) is 9.21 Å². The number of rotatable bonds is 5. The van der Waals surface area contributed by atoms with Crippen LogP contribution in [-0.4, -0.2) is 60.6 Å². The van der Waals surface area contributed by atoms with Crippen LogP contribution in [0.3, 0.4) is 0 Å². The third kappa shape index (κ3) is 2.45. The molecule has 2 fully saturated rings. The van der Waals surface area contributed by atoms with Gasteiger partial charge >= 0.3 is 5.97 Å². The molecule has 0 amide bonds. The number of nitrogens with zero attached hydrogens (tertiary/aromatic N) is 2. The lowest BCUT2D eigenvalue weighted by molar-refractivity contribution is -0.148. The number of fused-ring (bicyclic) bond motifs is 1. The van der Waals surface area contributed by atoms with Gasteiger partial charge in [-0.3, -0.25) is 9.69 Å². The fourth-order valence-electron chi connectivity index (χ4n) is 3.58. The lowest BCUT2D eigenvalue weighted by Gasteiger charge is -2.24. The van der Waals surface area contributed by atoms with Crippen molar-refractivity contribution in [3.05, 3.63) is 24.2 Å². The van der Waals surface area contributed by atoms with E-state index in [9.17, 15) is 18.3 Å². The Labute approximate surface area is 129 Å². The van der Waals surface area contributed by atoms with Gasteiger partial charge in [-0.25, -0.2) is 12.7 Å². The lowest BCUT2D eigenvalue weighted by Crippen LogP contribution is -2.42. The van der Waals surface area contributed by atoms with Crippen molar-refractivity contribution < 1.29 is 22.7 Å². The molecule has 22 heavy (non-hydrogen) atoms. The smallest absolute Gasteiger partial charge is 0.312 e. The van der Waals surface area contributed by atoms with Gasteiger partial charge in [0.15, 0.2) is 0 Å². The number of likely N-dealkylation sites (tertiary alicyclic amines) is 1. The van der Waals surface area contributed by atoms with Crippen LogP contribution >= 0.6 is 0 Å². The molecule has 3 heterocycles. The maximum atomic E-state index is 12.0. The van der Waals surface area contributed by atoms with Crippen LogP contribution in [0.25, 0.3) is 0 Å². The van der Waals surface area contributed by atoms with Crippen molar-refractivity contribution in [1.29, 1.82) is 0 Å². The summed E-state index contributed by atoms with van der Waals surface area (Å²) in [6.07, 6.45) is 3.24. The van der Waals surface area contributed by atoms with Crippen LogP contribution in [0.15, 0.2) is 23.0 Å². The maximum absolute atomic E-state index is 12.0. The van der Waals surface area contributed by atoms with Crippen molar-refractivity contribution in [3.63, 3.8) is 0 Å². The molecular formula is C14H20N2O5S. The van der Waals surface area contributed by atoms with Crippen molar-refractivity contribution in [2.24, 2.45) is 11.3 Å². The van der Waals surface area contributed by atoms with Crippen LogP contribution in [0.1, 0.15) is 12.5 Å². The van der Waals surface area contributed by atoms with Crippen LogP contribution in [0.4, 0.5) is 0 Å². The highest BCUT2D eigenvalue weighted by Crippen LogP contribution is 2.44. The zero-order valence-corrected chi connectivity index (χ0v) is 13.3. The van der Waals surface area contributed by atoms with E-state index in [-0.39, 0.29) is 18.2 Å². The standard InChI is InChI=1S/C14H20N2O5S/c1-2-22(19,20)16-7-12-6-15(5-11-3-4-21-8-11)9-14(12,10-16)13(17)18/h3-4,8,12H,2,5-7,9-10H2,1H3,(H,17,18)/t12-,14-/m0/s1. The van der Waals surface area contributed by atoms with Crippen LogP contribution in [0.2, 0.25) is 0 Å². The minimum Gasteiger partial charge on any atom is -0.481 e. The summed E-state index contributed by atoms with van der Waals surface area (Å²) in [4.78, 5) is 13.9. The third-order valence-electron chi connectivity index (χ3n) is 4.82. The Morgan fingerprint density at radius 1 is 1.45 bits per heavy atom. The number of hydrogen-bond donors (Lipinski definition) is 1. The minimum absolute atomic E-state index is 0.00809. The van der Waals surface area contributed by atoms with Gasteiger partial charge < -0.3 is 9.52 Å². The van der Waals surface area contributed by atoms with E-state index >= 15 is 0 Å². The number of carboxylic acid groups (broad SMARTS) is 1. The molecule has 7 nitrogen and oxygen atoms in total. The zero-order valence-electron chi connectivity index (χ0n) is 12.4. The first-order chi connectivity index (χ1) is 10.4. The second-order valence-corrected chi connectivity index (χ2v) is 8.41. The first kappa shape index (κ1) is 15.5. The quantitative estimate of drug-likeness (QED) is 0.844. The highest BCUT2D eigenvalue weighted by molar-refractivity contribution is 7.89. The van der Waals surface area contributed by atoms with Crippen molar-refractivity contribution in [2.45, 2.75) is 13.5 Å². The first-order valence-corrected chi connectivity index (χ1v) is 8.93. The SMILES string of the molecule is CCS(=O)(=O)N1C[C@@H]2CN(Cc3ccoc3)C[C@]2(C(=O)O)C1. The molecule has 2 atom stereocenters. The molecule has 2 saturated heterocycles. The van der Waals surface area contributed by atoms with Gasteiger partial charge in [-0.1, -0.05) is 0 Å². The molecule has 0 aromatic carbocycles. The van der Waals surface area contributed by atoms with Crippen LogP contribution in [-0.2, 0) is 21.4 Å². The first-order valence-electron chi connectivity index (χ1n) is 7.32. The number of aliphatic carboxylic acids is 1. The molecule has 0 saturated carbocycles. The van der Waals surface area contributed by atoms with E-state index in [4.69, 9.17) is 4.42 Å². The highest BCUT2D eigenvalue weighted by Gasteiger charge is 2.59. The molecule has 2 aliphatic heterocycles. The summed E-state index contributed by atoms with van der Waals surface area (Å²) in [6, 6.07) is 1.86. The normalized spacial score (nSPS) is 29.8. The highest BCUT2D eigenvalue weighted by atomic mass is 32.2. The van der Waals surface area contributed by atoms with Gasteiger partial charge in [-0.2, -0.15) is 0 Å². The summed E-state index contributed by atoms with van der Waals surface area (Å²) in [5, 5.41) is 9.71. The van der Waals surface area contributed by atoms with Crippen LogP contribution in [0.5, 0.6) is 0 Å². The number of carboxylic acids is 1. The van der Waals surface area contributed by atoms with E-state index in [1.165, 1.54) is 4.31 Å². The molecule has 1 aromatic rings. The Balaban J connectivity index is 1.78. The molecule has 0 spiro atoms. The topological polar surface area (TPSA) is 91.1 Å². The molecule has 1 N–H and O–H groups in total. The van der Waals surface area contributed by atoms with Crippen LogP contribution < -0.4 is 0 Å². The van der Waals surface area contributed by atoms with Gasteiger partial charge in [0.2, 0.25) is 10.0 Å². The van der Waals surface area contributed by atoms with E-state index < -0.39 is 21.4 Å². The largest absolute Gasteiger partial charge is 0.481 e. The van der Waals surface area contributed by atoms with Gasteiger partial charge in [-0.15, -0.1) is 0 Å². The van der Waals surface area contributed by atoms with E-state index in [2.05, 4.69) is 4.90 Å². The van der Waals surface area contributed by atoms with Crippen molar-refractivity contribution in [2.75, 3.05) is 31.9 Å². The predicted octanol–water partition coefficient (Wildman–Crippen LogP) is 0.448. The Hall–Kier alpha value is -1.38. The molecule has 0 radical (unpaired) electrons. The van der Waals surface area contributed by atoms with Gasteiger partial charge in [0, 0.05) is 44.2 Å². The summed E-state index contributed by atoms with van der Waals surface area (Å²) in [6.45, 7) is 3.54. The number of hydrogen-bond acceptors (Lipinski definition) is 5. The molecule has 0 bridgehead atoms. The van der Waals surface area contributed by atoms with Crippen molar-refractivity contribution >= 4 is 16.0 Å². The lowest BCUT2D eigenvalue weighted by atomic mass is 9.81. The van der Waals surface area contributed by atoms with E-state index in [0.717, 1.165) is 5.56 Å². The molecule has 8 heteroatoms. The van der Waals surface area contributed by atoms with E-state index in [1.807, 2.05) is 6.07 Å². The minimum atomic E-state index is -3.34. The molecule has 3 rings (SSSR count). The molecule has 0 unspecified atom stereocenters. The molecule has 122 valence electrons. The second kappa shape index (κ2) is 5.36. The average molecular weight is 328 g/mol. The van der Waals surface area contributed by atoms with E-state index in [1.54, 1.807) is 19.5 Å². The average Bonchev–Trinajstić information content (AvgIpc) is 3.13. The Morgan fingerprint density at radius 3 is 2.77 bits per heavy atom. The predicted molar refractivity (Wildman–Crippen MR) is 78.6 cm³/mol. The molecule has 2 aliphatic rings. The Bertz CT molecular complexity index is 657. The van der Waals surface area contributed by atoms with Gasteiger partial charge in [0.1, 0.15) is 0 Å². The Kier molecular flexibility index (Phi) is 3.78. The second-order valence-electron chi connectivity index (χ2n) is 6.15. The monoisotopic (exact) mass is 328 g/mol. The van der Waals surface area contributed by atoms with Gasteiger partial charge in [0.25, 0.3) is 0 Å².